The van der Waals surface area contributed by atoms with Crippen LogP contribution in [0.4, 0.5) is 5.69 Å². The number of hydrogen-bond donors (Lipinski definition) is 1. The molecule has 1 amide bonds. The fraction of sp³-hybridized carbons (Fsp3) is 0.250. The second-order valence-electron chi connectivity index (χ2n) is 3.97. The van der Waals surface area contributed by atoms with Gasteiger partial charge in [-0.1, -0.05) is 6.07 Å². The highest BCUT2D eigenvalue weighted by Gasteiger charge is 2.20. The van der Waals surface area contributed by atoms with Crippen molar-refractivity contribution in [1.82, 2.24) is 14.8 Å². The van der Waals surface area contributed by atoms with Crippen LogP contribution in [0.3, 0.4) is 0 Å². The van der Waals surface area contributed by atoms with Crippen LogP contribution in [0.2, 0.25) is 0 Å². The van der Waals surface area contributed by atoms with Gasteiger partial charge in [-0.3, -0.25) is 4.79 Å². The predicted octanol–water partition coefficient (Wildman–Crippen LogP) is 1.21. The number of likely N-dealkylation sites (N-methyl/N-ethyl adjacent to an activating group) is 1. The quantitative estimate of drug-likeness (QED) is 0.883. The number of nitrogens with zero attached hydrogens (tertiary/aromatic N) is 4. The number of phenols is 1. The Morgan fingerprint density at radius 3 is 2.89 bits per heavy atom. The highest BCUT2D eigenvalue weighted by molar-refractivity contribution is 5.95. The van der Waals surface area contributed by atoms with E-state index in [9.17, 15) is 9.90 Å². The van der Waals surface area contributed by atoms with Crippen molar-refractivity contribution in [2.75, 3.05) is 11.9 Å². The number of carbonyl (C=O) groups is 1. The molecular formula is C12H14N4O2. The van der Waals surface area contributed by atoms with E-state index in [1.54, 1.807) is 32.2 Å². The zero-order chi connectivity index (χ0) is 13.1. The third kappa shape index (κ3) is 2.32. The molecule has 0 aliphatic rings. The first-order chi connectivity index (χ1) is 8.59. The Morgan fingerprint density at radius 1 is 1.50 bits per heavy atom. The Bertz CT molecular complexity index is 539. The van der Waals surface area contributed by atoms with Crippen molar-refractivity contribution in [2.24, 2.45) is 0 Å². The van der Waals surface area contributed by atoms with Gasteiger partial charge in [0.05, 0.1) is 0 Å². The Hall–Kier alpha value is -2.37. The number of aromatic nitrogens is 3. The van der Waals surface area contributed by atoms with E-state index in [2.05, 4.69) is 10.1 Å². The van der Waals surface area contributed by atoms with Gasteiger partial charge in [-0.25, -0.2) is 9.67 Å². The van der Waals surface area contributed by atoms with Crippen molar-refractivity contribution >= 4 is 11.6 Å². The van der Waals surface area contributed by atoms with Crippen LogP contribution in [0, 0.1) is 0 Å². The van der Waals surface area contributed by atoms with Crippen LogP contribution in [0.1, 0.15) is 13.0 Å². The molecule has 2 rings (SSSR count). The summed E-state index contributed by atoms with van der Waals surface area (Å²) in [5.74, 6) is -0.00772. The monoisotopic (exact) mass is 246 g/mol. The lowest BCUT2D eigenvalue weighted by atomic mass is 10.2. The molecule has 0 saturated heterocycles. The molecular weight excluding hydrogens is 232 g/mol. The number of anilines is 1. The molecule has 18 heavy (non-hydrogen) atoms. The van der Waals surface area contributed by atoms with Crippen molar-refractivity contribution < 1.29 is 9.90 Å². The van der Waals surface area contributed by atoms with Gasteiger partial charge in [0.2, 0.25) is 0 Å². The molecule has 2 aromatic rings. The van der Waals surface area contributed by atoms with E-state index in [4.69, 9.17) is 0 Å². The maximum atomic E-state index is 12.2. The average molecular weight is 246 g/mol. The average Bonchev–Trinajstić information content (AvgIpc) is 2.90. The van der Waals surface area contributed by atoms with Crippen LogP contribution in [-0.2, 0) is 4.79 Å². The Balaban J connectivity index is 2.19. The van der Waals surface area contributed by atoms with Crippen LogP contribution in [0.15, 0.2) is 36.9 Å². The zero-order valence-corrected chi connectivity index (χ0v) is 10.2. The molecule has 6 heteroatoms. The number of carbonyl (C=O) groups excluding carboxylic acids is 1. The van der Waals surface area contributed by atoms with E-state index in [0.29, 0.717) is 5.69 Å². The van der Waals surface area contributed by atoms with Crippen LogP contribution in [0.25, 0.3) is 0 Å². The van der Waals surface area contributed by atoms with Crippen molar-refractivity contribution in [3.05, 3.63) is 36.9 Å². The van der Waals surface area contributed by atoms with Crippen molar-refractivity contribution in [1.29, 1.82) is 0 Å². The third-order valence-electron chi connectivity index (χ3n) is 2.74. The molecule has 1 heterocycles. The summed E-state index contributed by atoms with van der Waals surface area (Å²) in [6.07, 6.45) is 2.89. The SMILES string of the molecule is CC(C(=O)N(C)c1cccc(O)c1)n1cncn1. The zero-order valence-electron chi connectivity index (χ0n) is 10.2. The molecule has 1 aromatic heterocycles. The molecule has 0 fully saturated rings. The number of benzene rings is 1. The minimum atomic E-state index is -0.445. The summed E-state index contributed by atoms with van der Waals surface area (Å²) in [6.45, 7) is 1.75. The first-order valence-corrected chi connectivity index (χ1v) is 5.50. The normalized spacial score (nSPS) is 12.1. The summed E-state index contributed by atoms with van der Waals surface area (Å²) in [5.41, 5.74) is 0.631. The van der Waals surface area contributed by atoms with Gasteiger partial charge in [0, 0.05) is 18.8 Å². The summed E-state index contributed by atoms with van der Waals surface area (Å²) in [5, 5.41) is 13.3. The molecule has 1 atom stereocenters. The Kier molecular flexibility index (Phi) is 3.27. The highest BCUT2D eigenvalue weighted by atomic mass is 16.3. The van der Waals surface area contributed by atoms with E-state index < -0.39 is 6.04 Å². The largest absolute Gasteiger partial charge is 0.508 e. The van der Waals surface area contributed by atoms with Gasteiger partial charge in [-0.05, 0) is 19.1 Å². The van der Waals surface area contributed by atoms with Gasteiger partial charge in [-0.15, -0.1) is 0 Å². The molecule has 1 aromatic carbocycles. The van der Waals surface area contributed by atoms with Crippen molar-refractivity contribution in [2.45, 2.75) is 13.0 Å². The van der Waals surface area contributed by atoms with E-state index in [0.717, 1.165) is 0 Å². The lowest BCUT2D eigenvalue weighted by Crippen LogP contribution is -2.33. The molecule has 0 aliphatic carbocycles. The van der Waals surface area contributed by atoms with Crippen LogP contribution >= 0.6 is 0 Å². The maximum absolute atomic E-state index is 12.2. The molecule has 0 radical (unpaired) electrons. The van der Waals surface area contributed by atoms with Gasteiger partial charge >= 0.3 is 0 Å². The molecule has 6 nitrogen and oxygen atoms in total. The van der Waals surface area contributed by atoms with Crippen LogP contribution in [-0.4, -0.2) is 32.8 Å². The van der Waals surface area contributed by atoms with Crippen molar-refractivity contribution in [3.63, 3.8) is 0 Å². The summed E-state index contributed by atoms with van der Waals surface area (Å²) < 4.78 is 1.49. The minimum absolute atomic E-state index is 0.126. The van der Waals surface area contributed by atoms with Gasteiger partial charge in [0.1, 0.15) is 24.4 Å². The number of rotatable bonds is 3. The van der Waals surface area contributed by atoms with Crippen molar-refractivity contribution in [3.8, 4) is 5.75 Å². The Labute approximate surface area is 104 Å². The summed E-state index contributed by atoms with van der Waals surface area (Å²) in [4.78, 5) is 17.5. The fourth-order valence-electron chi connectivity index (χ4n) is 1.64. The third-order valence-corrected chi connectivity index (χ3v) is 2.74. The minimum Gasteiger partial charge on any atom is -0.508 e. The summed E-state index contributed by atoms with van der Waals surface area (Å²) in [6, 6.07) is 6.09. The lowest BCUT2D eigenvalue weighted by Gasteiger charge is -2.21. The molecule has 1 N–H and O–H groups in total. The molecule has 0 saturated carbocycles. The predicted molar refractivity (Wildman–Crippen MR) is 66.2 cm³/mol. The maximum Gasteiger partial charge on any atom is 0.251 e. The molecule has 0 aliphatic heterocycles. The highest BCUT2D eigenvalue weighted by Crippen LogP contribution is 2.21. The smallest absolute Gasteiger partial charge is 0.251 e. The summed E-state index contributed by atoms with van der Waals surface area (Å²) >= 11 is 0. The van der Waals surface area contributed by atoms with Crippen LogP contribution in [0.5, 0.6) is 5.75 Å². The summed E-state index contributed by atoms with van der Waals surface area (Å²) in [7, 11) is 1.66. The number of amides is 1. The van der Waals surface area contributed by atoms with Gasteiger partial charge in [-0.2, -0.15) is 5.10 Å². The lowest BCUT2D eigenvalue weighted by molar-refractivity contribution is -0.121. The first kappa shape index (κ1) is 12.1. The van der Waals surface area contributed by atoms with Gasteiger partial charge in [0.25, 0.3) is 5.91 Å². The molecule has 0 bridgehead atoms. The van der Waals surface area contributed by atoms with E-state index in [1.165, 1.54) is 28.3 Å². The van der Waals surface area contributed by atoms with E-state index in [-0.39, 0.29) is 11.7 Å². The number of aromatic hydroxyl groups is 1. The van der Waals surface area contributed by atoms with Gasteiger partial charge < -0.3 is 10.0 Å². The topological polar surface area (TPSA) is 71.2 Å². The number of phenolic OH excluding ortho intramolecular Hbond substituents is 1. The number of hydrogen-bond acceptors (Lipinski definition) is 4. The molecule has 0 spiro atoms. The molecule has 1 unspecified atom stereocenters. The first-order valence-electron chi connectivity index (χ1n) is 5.50. The van der Waals surface area contributed by atoms with E-state index >= 15 is 0 Å². The second-order valence-corrected chi connectivity index (χ2v) is 3.97. The van der Waals surface area contributed by atoms with Gasteiger partial charge in [0.15, 0.2) is 0 Å². The fourth-order valence-corrected chi connectivity index (χ4v) is 1.64. The van der Waals surface area contributed by atoms with Crippen LogP contribution < -0.4 is 4.90 Å². The van der Waals surface area contributed by atoms with E-state index in [1.807, 2.05) is 0 Å². The second kappa shape index (κ2) is 4.87. The molecule has 94 valence electrons. The standard InChI is InChI=1S/C12H14N4O2/c1-9(16-8-13-7-14-16)12(18)15(2)10-4-3-5-11(17)6-10/h3-9,17H,1-2H3. The Morgan fingerprint density at radius 2 is 2.28 bits per heavy atom.